The quantitative estimate of drug-likeness (QED) is 0.577. The summed E-state index contributed by atoms with van der Waals surface area (Å²) in [7, 11) is 0. The van der Waals surface area contributed by atoms with Gasteiger partial charge in [-0.25, -0.2) is 13.6 Å². The summed E-state index contributed by atoms with van der Waals surface area (Å²) < 4.78 is 33.4. The van der Waals surface area contributed by atoms with Crippen LogP contribution in [0.15, 0.2) is 42.6 Å². The molecule has 0 bridgehead atoms. The van der Waals surface area contributed by atoms with Crippen molar-refractivity contribution >= 4 is 34.6 Å². The number of benzene rings is 2. The summed E-state index contributed by atoms with van der Waals surface area (Å²) in [5.74, 6) is -1.27. The first-order valence-corrected chi connectivity index (χ1v) is 10.7. The number of hydrogen-bond donors (Lipinski definition) is 3. The average Bonchev–Trinajstić information content (AvgIpc) is 3.30. The predicted molar refractivity (Wildman–Crippen MR) is 123 cm³/mol. The molecule has 33 heavy (non-hydrogen) atoms. The highest BCUT2D eigenvalue weighted by atomic mass is 19.1. The van der Waals surface area contributed by atoms with E-state index in [4.69, 9.17) is 4.74 Å². The van der Waals surface area contributed by atoms with Crippen molar-refractivity contribution in [2.75, 3.05) is 29.0 Å². The van der Waals surface area contributed by atoms with Gasteiger partial charge < -0.3 is 25.6 Å². The number of nitrogens with one attached hydrogen (secondary N) is 3. The maximum atomic E-state index is 14.7. The van der Waals surface area contributed by atoms with E-state index in [0.29, 0.717) is 47.7 Å². The number of carbonyl (C=O) groups excluding carboxylic acids is 2. The SMILES string of the molecule is CC(C)(C)OC(=O)N1CCC(Nc2ccc(NC=C3C(=O)Nc4cc(F)ccc43)cc2F)C1. The molecule has 174 valence electrons. The molecule has 2 aromatic rings. The zero-order valence-corrected chi connectivity index (χ0v) is 18.7. The highest BCUT2D eigenvalue weighted by Gasteiger charge is 2.30. The van der Waals surface area contributed by atoms with E-state index in [1.165, 1.54) is 30.5 Å². The number of carbonyl (C=O) groups is 2. The topological polar surface area (TPSA) is 82.7 Å². The van der Waals surface area contributed by atoms with Crippen LogP contribution in [0.2, 0.25) is 0 Å². The largest absolute Gasteiger partial charge is 0.444 e. The maximum absolute atomic E-state index is 14.7. The number of halogens is 2. The number of ether oxygens (including phenoxy) is 1. The normalized spacial score (nSPS) is 18.8. The lowest BCUT2D eigenvalue weighted by molar-refractivity contribution is -0.110. The Morgan fingerprint density at radius 1 is 1.21 bits per heavy atom. The molecule has 1 saturated heterocycles. The molecule has 0 saturated carbocycles. The Morgan fingerprint density at radius 3 is 2.73 bits per heavy atom. The number of nitrogens with zero attached hydrogens (tertiary/aromatic N) is 1. The maximum Gasteiger partial charge on any atom is 0.410 e. The van der Waals surface area contributed by atoms with E-state index in [1.54, 1.807) is 17.0 Å². The van der Waals surface area contributed by atoms with Gasteiger partial charge in [-0.2, -0.15) is 0 Å². The molecular weight excluding hydrogens is 430 g/mol. The molecule has 2 heterocycles. The lowest BCUT2D eigenvalue weighted by Gasteiger charge is -2.24. The molecule has 7 nitrogen and oxygen atoms in total. The zero-order valence-electron chi connectivity index (χ0n) is 18.7. The molecule has 9 heteroatoms. The van der Waals surface area contributed by atoms with Gasteiger partial charge >= 0.3 is 6.09 Å². The molecule has 1 atom stereocenters. The molecule has 0 radical (unpaired) electrons. The van der Waals surface area contributed by atoms with Crippen LogP contribution < -0.4 is 16.0 Å². The fraction of sp³-hybridized carbons (Fsp3) is 0.333. The number of rotatable bonds is 4. The van der Waals surface area contributed by atoms with Crippen molar-refractivity contribution in [3.05, 3.63) is 59.8 Å². The smallest absolute Gasteiger partial charge is 0.410 e. The van der Waals surface area contributed by atoms with Gasteiger partial charge in [0.15, 0.2) is 0 Å². The molecule has 2 aliphatic rings. The summed E-state index contributed by atoms with van der Waals surface area (Å²) in [6.45, 7) is 6.41. The van der Waals surface area contributed by atoms with E-state index in [1.807, 2.05) is 20.8 Å². The fourth-order valence-corrected chi connectivity index (χ4v) is 3.78. The van der Waals surface area contributed by atoms with E-state index >= 15 is 0 Å². The first-order chi connectivity index (χ1) is 15.6. The van der Waals surface area contributed by atoms with Crippen molar-refractivity contribution in [1.82, 2.24) is 4.90 Å². The van der Waals surface area contributed by atoms with Crippen LogP contribution in [-0.4, -0.2) is 41.6 Å². The summed E-state index contributed by atoms with van der Waals surface area (Å²) >= 11 is 0. The number of amides is 2. The standard InChI is InChI=1S/C24H26F2N4O3/c1-24(2,3)33-23(32)30-9-8-16(13-30)28-20-7-5-15(11-19(20)26)27-12-18-17-6-4-14(25)10-21(17)29-22(18)31/h4-7,10-12,16,27-28H,8-9,13H2,1-3H3,(H,29,31). The van der Waals surface area contributed by atoms with Gasteiger partial charge in [-0.05, 0) is 63.6 Å². The number of hydrogen-bond acceptors (Lipinski definition) is 5. The number of anilines is 3. The Kier molecular flexibility index (Phi) is 5.97. The molecule has 1 unspecified atom stereocenters. The van der Waals surface area contributed by atoms with E-state index < -0.39 is 17.2 Å². The minimum Gasteiger partial charge on any atom is -0.444 e. The molecule has 2 aromatic carbocycles. The number of likely N-dealkylation sites (tertiary alicyclic amines) is 1. The van der Waals surface area contributed by atoms with Crippen LogP contribution in [-0.2, 0) is 9.53 Å². The molecular formula is C24H26F2N4O3. The molecule has 4 rings (SSSR count). The summed E-state index contributed by atoms with van der Waals surface area (Å²) in [6.07, 6.45) is 1.77. The third kappa shape index (κ3) is 5.24. The van der Waals surface area contributed by atoms with E-state index in [0.717, 1.165) is 0 Å². The average molecular weight is 456 g/mol. The summed E-state index contributed by atoms with van der Waals surface area (Å²) in [4.78, 5) is 26.0. The van der Waals surface area contributed by atoms with Gasteiger partial charge in [0.2, 0.25) is 0 Å². The first-order valence-electron chi connectivity index (χ1n) is 10.7. The zero-order chi connectivity index (χ0) is 23.8. The molecule has 0 aliphatic carbocycles. The Bertz CT molecular complexity index is 1130. The van der Waals surface area contributed by atoms with Gasteiger partial charge in [0.1, 0.15) is 17.2 Å². The molecule has 0 aromatic heterocycles. The van der Waals surface area contributed by atoms with Crippen LogP contribution in [0, 0.1) is 11.6 Å². The highest BCUT2D eigenvalue weighted by molar-refractivity contribution is 6.31. The molecule has 2 amide bonds. The molecule has 1 fully saturated rings. The Balaban J connectivity index is 1.38. The van der Waals surface area contributed by atoms with Crippen molar-refractivity contribution < 1.29 is 23.1 Å². The summed E-state index contributed by atoms with van der Waals surface area (Å²) in [6, 6.07) is 8.56. The van der Waals surface area contributed by atoms with Crippen molar-refractivity contribution in [2.45, 2.75) is 38.8 Å². The van der Waals surface area contributed by atoms with Gasteiger partial charge in [-0.1, -0.05) is 0 Å². The second-order valence-electron chi connectivity index (χ2n) is 9.10. The lowest BCUT2D eigenvalue weighted by atomic mass is 10.1. The van der Waals surface area contributed by atoms with Crippen molar-refractivity contribution in [3.63, 3.8) is 0 Å². The first kappa shape index (κ1) is 22.6. The second kappa shape index (κ2) is 8.73. The fourth-order valence-electron chi connectivity index (χ4n) is 3.78. The van der Waals surface area contributed by atoms with Crippen molar-refractivity contribution in [3.8, 4) is 0 Å². The number of fused-ring (bicyclic) bond motifs is 1. The van der Waals surface area contributed by atoms with Crippen LogP contribution in [0.1, 0.15) is 32.8 Å². The lowest BCUT2D eigenvalue weighted by Crippen LogP contribution is -2.36. The monoisotopic (exact) mass is 456 g/mol. The van der Waals surface area contributed by atoms with Gasteiger partial charge in [0, 0.05) is 36.6 Å². The van der Waals surface area contributed by atoms with Crippen LogP contribution in [0.5, 0.6) is 0 Å². The van der Waals surface area contributed by atoms with Crippen LogP contribution >= 0.6 is 0 Å². The predicted octanol–water partition coefficient (Wildman–Crippen LogP) is 4.79. The minimum absolute atomic E-state index is 0.0907. The van der Waals surface area contributed by atoms with Crippen LogP contribution in [0.4, 0.5) is 30.6 Å². The molecule has 0 spiro atoms. The van der Waals surface area contributed by atoms with Gasteiger partial charge in [0.25, 0.3) is 5.91 Å². The summed E-state index contributed by atoms with van der Waals surface area (Å²) in [5.41, 5.74) is 1.52. The van der Waals surface area contributed by atoms with Gasteiger partial charge in [-0.15, -0.1) is 0 Å². The highest BCUT2D eigenvalue weighted by Crippen LogP contribution is 2.32. The van der Waals surface area contributed by atoms with Crippen molar-refractivity contribution in [1.29, 1.82) is 0 Å². The second-order valence-corrected chi connectivity index (χ2v) is 9.10. The molecule has 3 N–H and O–H groups in total. The Hall–Kier alpha value is -3.62. The van der Waals surface area contributed by atoms with E-state index in [9.17, 15) is 18.4 Å². The third-order valence-electron chi connectivity index (χ3n) is 5.32. The van der Waals surface area contributed by atoms with Crippen LogP contribution in [0.3, 0.4) is 0 Å². The minimum atomic E-state index is -0.565. The van der Waals surface area contributed by atoms with Crippen LogP contribution in [0.25, 0.3) is 5.57 Å². The van der Waals surface area contributed by atoms with E-state index in [-0.39, 0.29) is 18.0 Å². The molecule has 2 aliphatic heterocycles. The van der Waals surface area contributed by atoms with Gasteiger partial charge in [-0.3, -0.25) is 4.79 Å². The van der Waals surface area contributed by atoms with E-state index in [2.05, 4.69) is 16.0 Å². The van der Waals surface area contributed by atoms with Gasteiger partial charge in [0.05, 0.1) is 16.9 Å². The van der Waals surface area contributed by atoms with Crippen molar-refractivity contribution in [2.24, 2.45) is 0 Å². The summed E-state index contributed by atoms with van der Waals surface area (Å²) in [5, 5.41) is 8.66. The third-order valence-corrected chi connectivity index (χ3v) is 5.32. The Morgan fingerprint density at radius 2 is 2.00 bits per heavy atom. The Labute approximate surface area is 190 Å².